The predicted octanol–water partition coefficient (Wildman–Crippen LogP) is 4.70. The van der Waals surface area contributed by atoms with Gasteiger partial charge >= 0.3 is 0 Å². The Hall–Kier alpha value is -3.98. The average molecular weight is 497 g/mol. The van der Waals surface area contributed by atoms with Crippen LogP contribution in [0.25, 0.3) is 0 Å². The van der Waals surface area contributed by atoms with Crippen LogP contribution in [0.1, 0.15) is 22.3 Å². The maximum atomic E-state index is 14.2. The SMILES string of the molecule is C=CC(=O)N(C)c1cc(Nc2ncc(Cl)c(NCCCNC(=O)c3ccc(C)cc3)n2)ccc1F. The van der Waals surface area contributed by atoms with Crippen LogP contribution in [-0.2, 0) is 4.79 Å². The number of likely N-dealkylation sites (N-methyl/N-ethyl adjacent to an activating group) is 1. The molecule has 1 aromatic heterocycles. The van der Waals surface area contributed by atoms with Gasteiger partial charge in [-0.05, 0) is 49.8 Å². The van der Waals surface area contributed by atoms with Crippen LogP contribution in [0.4, 0.5) is 27.5 Å². The largest absolute Gasteiger partial charge is 0.369 e. The molecular formula is C25H26ClFN6O2. The second-order valence-electron chi connectivity index (χ2n) is 7.68. The molecule has 0 spiro atoms. The number of halogens is 2. The molecule has 0 bridgehead atoms. The first-order valence-electron chi connectivity index (χ1n) is 10.9. The zero-order chi connectivity index (χ0) is 25.4. The third-order valence-corrected chi connectivity index (χ3v) is 5.33. The first-order chi connectivity index (χ1) is 16.8. The van der Waals surface area contributed by atoms with Crippen LogP contribution in [0, 0.1) is 12.7 Å². The highest BCUT2D eigenvalue weighted by atomic mass is 35.5. The molecule has 0 atom stereocenters. The molecule has 3 rings (SSSR count). The van der Waals surface area contributed by atoms with E-state index in [1.54, 1.807) is 12.1 Å². The van der Waals surface area contributed by atoms with Crippen molar-refractivity contribution in [1.29, 1.82) is 0 Å². The van der Waals surface area contributed by atoms with E-state index in [2.05, 4.69) is 32.5 Å². The molecule has 0 aliphatic rings. The normalized spacial score (nSPS) is 10.4. The second kappa shape index (κ2) is 11.9. The highest BCUT2D eigenvalue weighted by Gasteiger charge is 2.14. The first kappa shape index (κ1) is 25.6. The number of nitrogens with zero attached hydrogens (tertiary/aromatic N) is 3. The Morgan fingerprint density at radius 2 is 1.91 bits per heavy atom. The van der Waals surface area contributed by atoms with Crippen molar-refractivity contribution in [3.63, 3.8) is 0 Å². The summed E-state index contributed by atoms with van der Waals surface area (Å²) < 4.78 is 14.2. The van der Waals surface area contributed by atoms with Gasteiger partial charge in [0.05, 0.1) is 11.9 Å². The molecular weight excluding hydrogens is 471 g/mol. The van der Waals surface area contributed by atoms with Crippen molar-refractivity contribution >= 4 is 46.6 Å². The molecule has 1 heterocycles. The summed E-state index contributed by atoms with van der Waals surface area (Å²) in [5.41, 5.74) is 2.27. The Bertz CT molecular complexity index is 1220. The molecule has 3 N–H and O–H groups in total. The van der Waals surface area contributed by atoms with Gasteiger partial charge < -0.3 is 20.9 Å². The van der Waals surface area contributed by atoms with Crippen molar-refractivity contribution < 1.29 is 14.0 Å². The predicted molar refractivity (Wildman–Crippen MR) is 137 cm³/mol. The number of amides is 2. The van der Waals surface area contributed by atoms with E-state index in [-0.39, 0.29) is 17.5 Å². The van der Waals surface area contributed by atoms with Crippen LogP contribution in [0.2, 0.25) is 5.02 Å². The summed E-state index contributed by atoms with van der Waals surface area (Å²) in [6, 6.07) is 11.6. The molecule has 3 aromatic rings. The Kier molecular flexibility index (Phi) is 8.74. The summed E-state index contributed by atoms with van der Waals surface area (Å²) in [6.07, 6.45) is 3.19. The number of anilines is 4. The van der Waals surface area contributed by atoms with Crippen LogP contribution in [0.5, 0.6) is 0 Å². The van der Waals surface area contributed by atoms with Gasteiger partial charge in [0, 0.05) is 31.4 Å². The van der Waals surface area contributed by atoms with Gasteiger partial charge in [-0.1, -0.05) is 35.9 Å². The standard InChI is InChI=1S/C25H26ClFN6O2/c1-4-22(34)33(3)21-14-18(10-11-20(21)27)31-25-30-15-19(26)23(32-25)28-12-5-13-29-24(35)17-8-6-16(2)7-9-17/h4,6-11,14-15H,1,5,12-13H2,2-3H3,(H,29,35)(H2,28,30,31,32). The molecule has 0 aliphatic carbocycles. The van der Waals surface area contributed by atoms with Crippen molar-refractivity contribution in [2.45, 2.75) is 13.3 Å². The molecule has 0 aliphatic heterocycles. The van der Waals surface area contributed by atoms with Gasteiger partial charge in [-0.3, -0.25) is 9.59 Å². The van der Waals surface area contributed by atoms with E-state index < -0.39 is 11.7 Å². The van der Waals surface area contributed by atoms with Crippen molar-refractivity contribution in [3.05, 3.63) is 83.3 Å². The fraction of sp³-hybridized carbons (Fsp3) is 0.200. The van der Waals surface area contributed by atoms with Crippen molar-refractivity contribution in [1.82, 2.24) is 15.3 Å². The van der Waals surface area contributed by atoms with Gasteiger partial charge in [-0.15, -0.1) is 0 Å². The van der Waals surface area contributed by atoms with Crippen molar-refractivity contribution in [3.8, 4) is 0 Å². The monoisotopic (exact) mass is 496 g/mol. The van der Waals surface area contributed by atoms with Crippen LogP contribution in [0.3, 0.4) is 0 Å². The number of nitrogens with one attached hydrogen (secondary N) is 3. The lowest BCUT2D eigenvalue weighted by molar-refractivity contribution is -0.113. The van der Waals surface area contributed by atoms with E-state index in [4.69, 9.17) is 11.6 Å². The summed E-state index contributed by atoms with van der Waals surface area (Å²) in [7, 11) is 1.45. The van der Waals surface area contributed by atoms with E-state index >= 15 is 0 Å². The van der Waals surface area contributed by atoms with Crippen LogP contribution in [-0.4, -0.2) is 41.9 Å². The fourth-order valence-electron chi connectivity index (χ4n) is 3.09. The summed E-state index contributed by atoms with van der Waals surface area (Å²) >= 11 is 6.21. The molecule has 0 fully saturated rings. The quantitative estimate of drug-likeness (QED) is 0.278. The Morgan fingerprint density at radius 3 is 2.63 bits per heavy atom. The topological polar surface area (TPSA) is 99.3 Å². The molecule has 8 nitrogen and oxygen atoms in total. The van der Waals surface area contributed by atoms with Gasteiger partial charge in [0.2, 0.25) is 11.9 Å². The van der Waals surface area contributed by atoms with Crippen LogP contribution >= 0.6 is 11.6 Å². The summed E-state index contributed by atoms with van der Waals surface area (Å²) in [4.78, 5) is 33.7. The first-order valence-corrected chi connectivity index (χ1v) is 11.2. The minimum Gasteiger partial charge on any atom is -0.369 e. The van der Waals surface area contributed by atoms with Crippen molar-refractivity contribution in [2.24, 2.45) is 0 Å². The van der Waals surface area contributed by atoms with Gasteiger partial charge in [-0.2, -0.15) is 4.98 Å². The zero-order valence-corrected chi connectivity index (χ0v) is 20.2. The van der Waals surface area contributed by atoms with E-state index in [1.165, 1.54) is 31.4 Å². The average Bonchev–Trinajstić information content (AvgIpc) is 2.86. The Labute approximate surface area is 208 Å². The molecule has 0 radical (unpaired) electrons. The van der Waals surface area contributed by atoms with E-state index in [9.17, 15) is 14.0 Å². The van der Waals surface area contributed by atoms with E-state index in [1.807, 2.05) is 19.1 Å². The number of aryl methyl sites for hydroxylation is 1. The number of benzene rings is 2. The maximum Gasteiger partial charge on any atom is 0.251 e. The minimum absolute atomic E-state index is 0.0832. The number of aromatic nitrogens is 2. The van der Waals surface area contributed by atoms with Gasteiger partial charge in [0.1, 0.15) is 16.7 Å². The number of carbonyl (C=O) groups is 2. The van der Waals surface area contributed by atoms with E-state index in [0.717, 1.165) is 16.5 Å². The smallest absolute Gasteiger partial charge is 0.251 e. The molecule has 0 unspecified atom stereocenters. The van der Waals surface area contributed by atoms with Gasteiger partial charge in [0.25, 0.3) is 5.91 Å². The summed E-state index contributed by atoms with van der Waals surface area (Å²) in [5.74, 6) is -0.474. The Balaban J connectivity index is 1.56. The highest BCUT2D eigenvalue weighted by molar-refractivity contribution is 6.32. The van der Waals surface area contributed by atoms with Gasteiger partial charge in [0.15, 0.2) is 0 Å². The van der Waals surface area contributed by atoms with Crippen LogP contribution in [0.15, 0.2) is 61.3 Å². The lowest BCUT2D eigenvalue weighted by atomic mass is 10.1. The molecule has 10 heteroatoms. The summed E-state index contributed by atoms with van der Waals surface area (Å²) in [5, 5.41) is 9.31. The highest BCUT2D eigenvalue weighted by Crippen LogP contribution is 2.26. The van der Waals surface area contributed by atoms with Crippen molar-refractivity contribution in [2.75, 3.05) is 35.7 Å². The molecule has 182 valence electrons. The molecule has 35 heavy (non-hydrogen) atoms. The molecule has 0 saturated heterocycles. The lowest BCUT2D eigenvalue weighted by Gasteiger charge is -2.17. The zero-order valence-electron chi connectivity index (χ0n) is 19.4. The number of hydrogen-bond acceptors (Lipinski definition) is 6. The van der Waals surface area contributed by atoms with Crippen LogP contribution < -0.4 is 20.9 Å². The van der Waals surface area contributed by atoms with E-state index in [0.29, 0.717) is 41.6 Å². The number of rotatable bonds is 10. The third-order valence-electron chi connectivity index (χ3n) is 5.06. The second-order valence-corrected chi connectivity index (χ2v) is 8.09. The number of carbonyl (C=O) groups excluding carboxylic acids is 2. The maximum absolute atomic E-state index is 14.2. The summed E-state index contributed by atoms with van der Waals surface area (Å²) in [6.45, 7) is 6.37. The lowest BCUT2D eigenvalue weighted by Crippen LogP contribution is -2.25. The third kappa shape index (κ3) is 7.00. The number of hydrogen-bond donors (Lipinski definition) is 3. The van der Waals surface area contributed by atoms with Gasteiger partial charge in [-0.25, -0.2) is 9.37 Å². The molecule has 2 aromatic carbocycles. The Morgan fingerprint density at radius 1 is 1.17 bits per heavy atom. The fourth-order valence-corrected chi connectivity index (χ4v) is 3.25. The minimum atomic E-state index is -0.554. The molecule has 2 amide bonds. The molecule has 0 saturated carbocycles.